The summed E-state index contributed by atoms with van der Waals surface area (Å²) in [5, 5.41) is 3.92. The number of hydrazone groups is 1. The molecule has 2 rings (SSSR count). The van der Waals surface area contributed by atoms with Gasteiger partial charge in [0.2, 0.25) is 0 Å². The summed E-state index contributed by atoms with van der Waals surface area (Å²) < 4.78 is 5.36. The highest BCUT2D eigenvalue weighted by Crippen LogP contribution is 2.10. The first kappa shape index (κ1) is 14.8. The molecule has 2 aromatic carbocycles. The van der Waals surface area contributed by atoms with Crippen molar-refractivity contribution in [1.82, 2.24) is 5.43 Å². The number of nitrogens with one attached hydrogen (secondary N) is 1. The van der Waals surface area contributed by atoms with Crippen molar-refractivity contribution in [1.29, 1.82) is 0 Å². The van der Waals surface area contributed by atoms with Crippen molar-refractivity contribution in [3.8, 4) is 5.75 Å². The number of amides is 1. The van der Waals surface area contributed by atoms with E-state index in [1.165, 1.54) is 0 Å². The third-order valence-corrected chi connectivity index (χ3v) is 2.97. The Morgan fingerprint density at radius 3 is 2.57 bits per heavy atom. The van der Waals surface area contributed by atoms with Crippen LogP contribution in [-0.2, 0) is 4.79 Å². The minimum Gasteiger partial charge on any atom is -0.484 e. The second kappa shape index (κ2) is 7.24. The lowest BCUT2D eigenvalue weighted by molar-refractivity contribution is -0.123. The van der Waals surface area contributed by atoms with Crippen LogP contribution in [0.4, 0.5) is 0 Å². The fourth-order valence-corrected chi connectivity index (χ4v) is 1.72. The number of benzene rings is 2. The number of hydrogen-bond donors (Lipinski definition) is 1. The van der Waals surface area contributed by atoms with Gasteiger partial charge in [0.25, 0.3) is 5.91 Å². The molecule has 0 heterocycles. The van der Waals surface area contributed by atoms with E-state index in [1.807, 2.05) is 62.4 Å². The van der Waals surface area contributed by atoms with Gasteiger partial charge in [0.1, 0.15) is 5.75 Å². The third kappa shape index (κ3) is 4.76. The summed E-state index contributed by atoms with van der Waals surface area (Å²) in [6.45, 7) is 3.93. The Balaban J connectivity index is 1.80. The number of aryl methyl sites for hydroxylation is 2. The first-order valence-corrected chi connectivity index (χ1v) is 6.72. The van der Waals surface area contributed by atoms with Gasteiger partial charge < -0.3 is 4.74 Å². The Kier molecular flexibility index (Phi) is 5.10. The summed E-state index contributed by atoms with van der Waals surface area (Å²) in [7, 11) is 0. The topological polar surface area (TPSA) is 50.7 Å². The van der Waals surface area contributed by atoms with E-state index in [9.17, 15) is 4.79 Å². The van der Waals surface area contributed by atoms with E-state index in [0.29, 0.717) is 5.75 Å². The molecule has 0 aromatic heterocycles. The lowest BCUT2D eigenvalue weighted by Gasteiger charge is -2.05. The largest absolute Gasteiger partial charge is 0.484 e. The van der Waals surface area contributed by atoms with Crippen LogP contribution in [-0.4, -0.2) is 18.7 Å². The number of ether oxygens (including phenoxy) is 1. The molecular weight excluding hydrogens is 264 g/mol. The van der Waals surface area contributed by atoms with Crippen LogP contribution in [0.3, 0.4) is 0 Å². The van der Waals surface area contributed by atoms with E-state index in [4.69, 9.17) is 4.74 Å². The second-order valence-electron chi connectivity index (χ2n) is 4.75. The van der Waals surface area contributed by atoms with Gasteiger partial charge in [-0.1, -0.05) is 42.0 Å². The van der Waals surface area contributed by atoms with Crippen molar-refractivity contribution < 1.29 is 9.53 Å². The van der Waals surface area contributed by atoms with Crippen molar-refractivity contribution in [2.75, 3.05) is 6.61 Å². The minimum absolute atomic E-state index is 0.0613. The number of hydrogen-bond acceptors (Lipinski definition) is 3. The van der Waals surface area contributed by atoms with Gasteiger partial charge in [-0.3, -0.25) is 4.79 Å². The normalized spacial score (nSPS) is 10.6. The predicted molar refractivity (Wildman–Crippen MR) is 83.6 cm³/mol. The molecule has 21 heavy (non-hydrogen) atoms. The van der Waals surface area contributed by atoms with Crippen molar-refractivity contribution >= 4 is 12.1 Å². The zero-order valence-electron chi connectivity index (χ0n) is 12.2. The van der Waals surface area contributed by atoms with E-state index in [2.05, 4.69) is 10.5 Å². The highest BCUT2D eigenvalue weighted by atomic mass is 16.5. The molecule has 0 saturated carbocycles. The van der Waals surface area contributed by atoms with Crippen LogP contribution in [0.25, 0.3) is 0 Å². The highest BCUT2D eigenvalue weighted by molar-refractivity contribution is 5.84. The fourth-order valence-electron chi connectivity index (χ4n) is 1.72. The molecular formula is C17H18N2O2. The van der Waals surface area contributed by atoms with Gasteiger partial charge in [-0.25, -0.2) is 5.43 Å². The minimum atomic E-state index is -0.291. The zero-order valence-corrected chi connectivity index (χ0v) is 12.2. The maximum atomic E-state index is 11.6. The molecule has 4 heteroatoms. The van der Waals surface area contributed by atoms with E-state index in [-0.39, 0.29) is 12.5 Å². The lowest BCUT2D eigenvalue weighted by atomic mass is 10.1. The average molecular weight is 282 g/mol. The monoisotopic (exact) mass is 282 g/mol. The lowest BCUT2D eigenvalue weighted by Crippen LogP contribution is -2.24. The van der Waals surface area contributed by atoms with Crippen LogP contribution < -0.4 is 10.2 Å². The summed E-state index contributed by atoms with van der Waals surface area (Å²) in [5.74, 6) is 0.374. The Bertz CT molecular complexity index is 633. The van der Waals surface area contributed by atoms with Crippen LogP contribution in [0.2, 0.25) is 0 Å². The Hall–Kier alpha value is -2.62. The van der Waals surface area contributed by atoms with Gasteiger partial charge in [-0.05, 0) is 37.1 Å². The summed E-state index contributed by atoms with van der Waals surface area (Å²) in [5.41, 5.74) is 5.67. The summed E-state index contributed by atoms with van der Waals surface area (Å²) in [6.07, 6.45) is 1.62. The Labute approximate surface area is 124 Å². The van der Waals surface area contributed by atoms with Gasteiger partial charge in [0, 0.05) is 0 Å². The second-order valence-corrected chi connectivity index (χ2v) is 4.75. The molecule has 1 amide bonds. The SMILES string of the molecule is Cc1ccc(OCC(=O)N/N=C\c2ccccc2C)cc1. The molecule has 0 fully saturated rings. The third-order valence-electron chi connectivity index (χ3n) is 2.97. The predicted octanol–water partition coefficient (Wildman–Crippen LogP) is 2.83. The molecule has 0 unspecified atom stereocenters. The number of carbonyl (C=O) groups is 1. The molecule has 0 spiro atoms. The maximum Gasteiger partial charge on any atom is 0.277 e. The molecule has 0 atom stereocenters. The maximum absolute atomic E-state index is 11.6. The van der Waals surface area contributed by atoms with Gasteiger partial charge >= 0.3 is 0 Å². The summed E-state index contributed by atoms with van der Waals surface area (Å²) in [4.78, 5) is 11.6. The van der Waals surface area contributed by atoms with Crippen molar-refractivity contribution in [2.45, 2.75) is 13.8 Å². The standard InChI is InChI=1S/C17H18N2O2/c1-13-7-9-16(10-8-13)21-12-17(20)19-18-11-15-6-4-3-5-14(15)2/h3-11H,12H2,1-2H3,(H,19,20)/b18-11-. The van der Waals surface area contributed by atoms with Crippen LogP contribution in [0.5, 0.6) is 5.75 Å². The van der Waals surface area contributed by atoms with Crippen molar-refractivity contribution in [3.63, 3.8) is 0 Å². The van der Waals surface area contributed by atoms with Gasteiger partial charge in [0.15, 0.2) is 6.61 Å². The van der Waals surface area contributed by atoms with Gasteiger partial charge in [0.05, 0.1) is 6.21 Å². The molecule has 0 aliphatic heterocycles. The average Bonchev–Trinajstić information content (AvgIpc) is 2.49. The quantitative estimate of drug-likeness (QED) is 0.677. The van der Waals surface area contributed by atoms with E-state index in [1.54, 1.807) is 6.21 Å². The molecule has 0 radical (unpaired) electrons. The molecule has 2 aromatic rings. The molecule has 4 nitrogen and oxygen atoms in total. The van der Waals surface area contributed by atoms with Gasteiger partial charge in [-0.2, -0.15) is 5.10 Å². The summed E-state index contributed by atoms with van der Waals surface area (Å²) >= 11 is 0. The van der Waals surface area contributed by atoms with E-state index < -0.39 is 0 Å². The smallest absolute Gasteiger partial charge is 0.277 e. The molecule has 0 bridgehead atoms. The number of carbonyl (C=O) groups excluding carboxylic acids is 1. The van der Waals surface area contributed by atoms with Crippen LogP contribution in [0.1, 0.15) is 16.7 Å². The zero-order chi connectivity index (χ0) is 15.1. The van der Waals surface area contributed by atoms with Gasteiger partial charge in [-0.15, -0.1) is 0 Å². The Morgan fingerprint density at radius 1 is 1.14 bits per heavy atom. The van der Waals surface area contributed by atoms with E-state index in [0.717, 1.165) is 16.7 Å². The molecule has 0 aliphatic rings. The van der Waals surface area contributed by atoms with E-state index >= 15 is 0 Å². The molecule has 108 valence electrons. The highest BCUT2D eigenvalue weighted by Gasteiger charge is 2.01. The van der Waals surface area contributed by atoms with Crippen LogP contribution in [0, 0.1) is 13.8 Å². The number of rotatable bonds is 5. The summed E-state index contributed by atoms with van der Waals surface area (Å²) in [6, 6.07) is 15.3. The van der Waals surface area contributed by atoms with Crippen LogP contribution >= 0.6 is 0 Å². The number of nitrogens with zero attached hydrogens (tertiary/aromatic N) is 1. The fraction of sp³-hybridized carbons (Fsp3) is 0.176. The van der Waals surface area contributed by atoms with Crippen molar-refractivity contribution in [2.24, 2.45) is 5.10 Å². The molecule has 0 aliphatic carbocycles. The first-order chi connectivity index (χ1) is 10.1. The first-order valence-electron chi connectivity index (χ1n) is 6.72. The molecule has 1 N–H and O–H groups in total. The molecule has 0 saturated heterocycles. The Morgan fingerprint density at radius 2 is 1.86 bits per heavy atom. The van der Waals surface area contributed by atoms with Crippen LogP contribution in [0.15, 0.2) is 53.6 Å². The van der Waals surface area contributed by atoms with Crippen molar-refractivity contribution in [3.05, 3.63) is 65.2 Å².